The normalized spacial score (nSPS) is 18.2. The minimum absolute atomic E-state index is 0.0122. The Morgan fingerprint density at radius 2 is 0.561 bits per heavy atom. The molecule has 3 aromatic carbocycles. The van der Waals surface area contributed by atoms with Crippen molar-refractivity contribution in [3.05, 3.63) is 83.9 Å². The van der Waals surface area contributed by atoms with Gasteiger partial charge in [0.05, 0.1) is 0 Å². The fraction of sp³-hybridized carbons (Fsp3) is 0.458. The number of fused-ring (bicyclic) bond motifs is 1. The second-order valence-electron chi connectivity index (χ2n) is 22.0. The first-order chi connectivity index (χ1) is 49.5. The smallest absolute Gasteiger partial charge is 0.475 e. The van der Waals surface area contributed by atoms with Gasteiger partial charge in [-0.3, -0.25) is 58.3 Å². The van der Waals surface area contributed by atoms with E-state index in [0.29, 0.717) is 11.1 Å². The van der Waals surface area contributed by atoms with Gasteiger partial charge in [0.25, 0.3) is 0 Å². The van der Waals surface area contributed by atoms with Crippen LogP contribution in [0.4, 0.5) is 52.7 Å². The fourth-order valence-electron chi connectivity index (χ4n) is 8.42. The highest BCUT2D eigenvalue weighted by Crippen LogP contribution is 2.20. The Bertz CT molecular complexity index is 3490. The van der Waals surface area contributed by atoms with Crippen LogP contribution in [-0.2, 0) is 70.4 Å². The third-order valence-corrected chi connectivity index (χ3v) is 13.4. The highest BCUT2D eigenvalue weighted by molar-refractivity contribution is 5.99. The molecule has 1 fully saturated rings. The molecule has 36 nitrogen and oxygen atoms in total. The molecule has 0 bridgehead atoms. The van der Waals surface area contributed by atoms with Crippen LogP contribution in [0.5, 0.6) is 0 Å². The van der Waals surface area contributed by atoms with Gasteiger partial charge >= 0.3 is 48.6 Å². The van der Waals surface area contributed by atoms with E-state index < -0.39 is 145 Å². The van der Waals surface area contributed by atoms with Gasteiger partial charge in [-0.25, -0.2) is 19.2 Å². The summed E-state index contributed by atoms with van der Waals surface area (Å²) in [6.45, 7) is 0.0922. The molecule has 0 aromatic heterocycles. The summed E-state index contributed by atoms with van der Waals surface area (Å²) < 4.78 is 127. The highest BCUT2D eigenvalue weighted by atomic mass is 19.4. The molecular weight excluding hydrogens is 1470 g/mol. The van der Waals surface area contributed by atoms with Crippen molar-refractivity contribution in [3.8, 4) is 0 Å². The van der Waals surface area contributed by atoms with Gasteiger partial charge in [-0.05, 0) is 79.7 Å². The van der Waals surface area contributed by atoms with Crippen LogP contribution < -0.4 is 88.8 Å². The first kappa shape index (κ1) is 94.8. The number of halogens is 12. The number of nitrogens with zero attached hydrogens (tertiary/aromatic N) is 4. The van der Waals surface area contributed by atoms with E-state index in [-0.39, 0.29) is 121 Å². The molecule has 0 unspecified atom stereocenters. The molecule has 0 spiro atoms. The molecule has 29 N–H and O–H groups in total. The van der Waals surface area contributed by atoms with Gasteiger partial charge in [0.1, 0.15) is 42.3 Å². The highest BCUT2D eigenvalue weighted by Gasteiger charge is 2.41. The molecule has 48 heteroatoms. The van der Waals surface area contributed by atoms with Gasteiger partial charge in [0.15, 0.2) is 23.8 Å². The molecule has 8 amide bonds. The molecule has 7 atom stereocenters. The summed E-state index contributed by atoms with van der Waals surface area (Å²) in [5, 5.41) is 49.2. The van der Waals surface area contributed by atoms with E-state index >= 15 is 0 Å². The monoisotopic (exact) mass is 1550 g/mol. The molecule has 1 saturated heterocycles. The van der Waals surface area contributed by atoms with Crippen LogP contribution in [0.2, 0.25) is 0 Å². The lowest BCUT2D eigenvalue weighted by atomic mass is 9.99. The van der Waals surface area contributed by atoms with E-state index in [1.807, 2.05) is 36.4 Å². The number of guanidine groups is 4. The third-order valence-electron chi connectivity index (χ3n) is 13.4. The van der Waals surface area contributed by atoms with Gasteiger partial charge in [-0.15, -0.1) is 0 Å². The molecule has 0 radical (unpaired) electrons. The zero-order valence-corrected chi connectivity index (χ0v) is 56.0. The molecule has 1 aliphatic heterocycles. The van der Waals surface area contributed by atoms with E-state index in [2.05, 4.69) is 57.2 Å². The largest absolute Gasteiger partial charge is 0.490 e. The third kappa shape index (κ3) is 42.2. The quantitative estimate of drug-likeness (QED) is 0.0212. The Morgan fingerprint density at radius 1 is 0.327 bits per heavy atom. The summed E-state index contributed by atoms with van der Waals surface area (Å²) in [4.78, 5) is 166. The lowest BCUT2D eigenvalue weighted by Crippen LogP contribution is -2.60. The molecule has 107 heavy (non-hydrogen) atoms. The summed E-state index contributed by atoms with van der Waals surface area (Å²) in [6.07, 6.45) is -21.3. The summed E-state index contributed by atoms with van der Waals surface area (Å²) in [6, 6.07) is 11.5. The van der Waals surface area contributed by atoms with Gasteiger partial charge < -0.3 is 109 Å². The van der Waals surface area contributed by atoms with E-state index in [9.17, 15) is 91.0 Å². The van der Waals surface area contributed by atoms with Crippen LogP contribution in [0.25, 0.3) is 10.8 Å². The second-order valence-corrected chi connectivity index (χ2v) is 22.0. The topological polar surface area (TPSA) is 654 Å². The summed E-state index contributed by atoms with van der Waals surface area (Å²) in [7, 11) is 0. The molecule has 0 aliphatic carbocycles. The lowest BCUT2D eigenvalue weighted by molar-refractivity contribution is -0.193. The first-order valence-corrected chi connectivity index (χ1v) is 30.8. The molecule has 0 saturated carbocycles. The SMILES string of the molecule is NC(=O)CC[C@@H]1NC(=O)[C@@H](CCCN=C(N)N)NC(=O)[C@H](CCCN=C(N)N)NC(=O)[C@@H](CCCN=C(N)N)NC(=O)[C@H](CCCN=C(N)N)NC(=O)[C@H](Cc2ccc3ccccc3c2)NC(=O)[C@@H](Cc2ccccc2)NC1=O.O=C(O)C(F)(F)F.O=C(O)C(F)(F)F.O=C(O)C(F)(F)F.O=C(O)C(F)(F)F. The van der Waals surface area contributed by atoms with Gasteiger partial charge in [0, 0.05) is 45.4 Å². The molecular formula is C59H80F12N20O16. The summed E-state index contributed by atoms with van der Waals surface area (Å²) in [5.74, 6) is -18.9. The Balaban J connectivity index is 0.00000336. The molecule has 1 aliphatic rings. The number of hydrogen-bond acceptors (Lipinski definition) is 16. The Morgan fingerprint density at radius 3 is 0.822 bits per heavy atom. The average Bonchev–Trinajstić information content (AvgIpc) is 1.18. The molecule has 596 valence electrons. The number of amides is 8. The number of nitrogens with two attached hydrogens (primary N) is 9. The summed E-state index contributed by atoms with van der Waals surface area (Å²) in [5.41, 5.74) is 51.3. The fourth-order valence-corrected chi connectivity index (χ4v) is 8.42. The minimum atomic E-state index is -5.08. The zero-order valence-electron chi connectivity index (χ0n) is 56.0. The number of hydrogen-bond donors (Lipinski definition) is 20. The standard InChI is InChI=1S/C51H76N20O8.4C2HF3O2/c52-40(72)21-20-37-45(77)70-38(27-29-10-2-1-3-11-29)47(79)71-39(28-30-18-19-31-12-4-5-13-32(31)26-30)46(78)68-36(17-9-25-64-51(59)60)43(75)66-34(15-7-23-62-49(55)56)41(73)65-33(14-6-22-61-48(53)54)42(74)67-35(44(76)69-37)16-8-24-63-50(57)58;4*3-2(4,5)1(6)7/h1-5,10-13,18-19,26,33-39H,6-9,14-17,20-25,27-28H2,(H2,52,72)(H,65,73)(H,66,75)(H,67,74)(H,68,78)(H,69,76)(H,70,77)(H,71,79)(H4,53,54,61)(H4,55,56,62)(H4,57,58,63)(H4,59,60,64);4*(H,6,7)/t33-,34+,35+,36-,37-,38+,39-;;;;/m0..../s1. The van der Waals surface area contributed by atoms with E-state index in [0.717, 1.165) is 10.8 Å². The maximum absolute atomic E-state index is 14.9. The number of alkyl halides is 12. The average molecular weight is 1550 g/mol. The number of benzene rings is 3. The van der Waals surface area contributed by atoms with Crippen molar-refractivity contribution in [2.24, 2.45) is 71.6 Å². The van der Waals surface area contributed by atoms with Gasteiger partial charge in [0.2, 0.25) is 47.3 Å². The maximum atomic E-state index is 14.9. The lowest BCUT2D eigenvalue weighted by Gasteiger charge is -2.28. The number of nitrogens with one attached hydrogen (secondary N) is 7. The maximum Gasteiger partial charge on any atom is 0.490 e. The first-order valence-electron chi connectivity index (χ1n) is 30.8. The Hall–Kier alpha value is -12.2. The van der Waals surface area contributed by atoms with Crippen LogP contribution in [0.3, 0.4) is 0 Å². The predicted octanol–water partition coefficient (Wildman–Crippen LogP) is -1.95. The number of carbonyl (C=O) groups is 12. The van der Waals surface area contributed by atoms with Crippen LogP contribution >= 0.6 is 0 Å². The van der Waals surface area contributed by atoms with Crippen molar-refractivity contribution >= 4 is 106 Å². The van der Waals surface area contributed by atoms with Gasteiger partial charge in [-0.2, -0.15) is 52.7 Å². The van der Waals surface area contributed by atoms with Crippen LogP contribution in [-0.4, -0.2) is 209 Å². The van der Waals surface area contributed by atoms with Crippen LogP contribution in [0.15, 0.2) is 92.8 Å². The minimum Gasteiger partial charge on any atom is -0.475 e. The Labute approximate surface area is 597 Å². The predicted molar refractivity (Wildman–Crippen MR) is 354 cm³/mol. The number of carboxylic acid groups (broad SMARTS) is 4. The van der Waals surface area contributed by atoms with Crippen molar-refractivity contribution in [2.75, 3.05) is 26.2 Å². The van der Waals surface area contributed by atoms with Crippen molar-refractivity contribution in [1.82, 2.24) is 37.2 Å². The van der Waals surface area contributed by atoms with Crippen molar-refractivity contribution < 1.29 is 131 Å². The van der Waals surface area contributed by atoms with E-state index in [1.54, 1.807) is 36.4 Å². The number of aliphatic carboxylic acids is 4. The summed E-state index contributed by atoms with van der Waals surface area (Å²) >= 11 is 0. The molecule has 4 rings (SSSR count). The van der Waals surface area contributed by atoms with Crippen molar-refractivity contribution in [1.29, 1.82) is 0 Å². The Kier molecular flexibility index (Phi) is 41.2. The van der Waals surface area contributed by atoms with Crippen molar-refractivity contribution in [3.63, 3.8) is 0 Å². The van der Waals surface area contributed by atoms with E-state index in [4.69, 9.17) is 91.2 Å². The second kappa shape index (κ2) is 46.5. The number of aliphatic imine (C=N–C) groups is 4. The van der Waals surface area contributed by atoms with Crippen LogP contribution in [0, 0.1) is 0 Å². The van der Waals surface area contributed by atoms with Gasteiger partial charge in [-0.1, -0.05) is 72.8 Å². The number of carbonyl (C=O) groups excluding carboxylic acids is 8. The van der Waals surface area contributed by atoms with E-state index in [1.165, 1.54) is 0 Å². The van der Waals surface area contributed by atoms with Crippen molar-refractivity contribution in [2.45, 2.75) is 144 Å². The molecule has 3 aromatic rings. The van der Waals surface area contributed by atoms with Crippen LogP contribution in [0.1, 0.15) is 75.3 Å². The number of rotatable bonds is 23. The number of carboxylic acids is 4. The number of primary amides is 1. The zero-order chi connectivity index (χ0) is 82.2. The molecule has 1 heterocycles.